The molecule has 0 unspecified atom stereocenters. The van der Waals surface area contributed by atoms with Gasteiger partial charge in [0.15, 0.2) is 0 Å². The maximum atomic E-state index is 12.1. The summed E-state index contributed by atoms with van der Waals surface area (Å²) in [7, 11) is 0. The summed E-state index contributed by atoms with van der Waals surface area (Å²) in [5.74, 6) is -0.850. The molecule has 2 amide bonds. The summed E-state index contributed by atoms with van der Waals surface area (Å²) in [5, 5.41) is 1.35. The van der Waals surface area contributed by atoms with Crippen LogP contribution in [0.15, 0.2) is 30.3 Å². The smallest absolute Gasteiger partial charge is 0.258 e. The Bertz CT molecular complexity index is 417. The molecule has 1 aromatic carbocycles. The molecule has 0 saturated carbocycles. The lowest BCUT2D eigenvalue weighted by Gasteiger charge is -2.14. The predicted octanol–water partition coefficient (Wildman–Crippen LogP) is 1.87. The van der Waals surface area contributed by atoms with Gasteiger partial charge in [0.2, 0.25) is 0 Å². The topological polar surface area (TPSA) is 49.4 Å². The van der Waals surface area contributed by atoms with Crippen LogP contribution in [-0.2, 0) is 9.59 Å². The fraction of sp³-hybridized carbons (Fsp3) is 0.385. The van der Waals surface area contributed by atoms with Crippen LogP contribution in [0.5, 0.6) is 0 Å². The van der Waals surface area contributed by atoms with Gasteiger partial charge in [0.25, 0.3) is 11.8 Å². The lowest BCUT2D eigenvalue weighted by molar-refractivity contribution is -0.127. The van der Waals surface area contributed by atoms with Gasteiger partial charge in [-0.3, -0.25) is 15.0 Å². The molecule has 1 N–H and O–H groups in total. The Kier molecular flexibility index (Phi) is 3.42. The van der Waals surface area contributed by atoms with E-state index < -0.39 is 5.92 Å². The maximum Gasteiger partial charge on any atom is 0.258 e. The molecule has 0 aliphatic carbocycles. The second-order valence-corrected chi connectivity index (χ2v) is 4.18. The second-order valence-electron chi connectivity index (χ2n) is 4.18. The lowest BCUT2D eigenvalue weighted by atomic mass is 10.0. The molecule has 1 atom stereocenters. The number of unbranched alkanes of at least 4 members (excludes halogenated alkanes) is 1. The molecule has 0 bridgehead atoms. The van der Waals surface area contributed by atoms with E-state index in [2.05, 4.69) is 5.43 Å². The number of carbonyl (C=O) groups excluding carboxylic acids is 2. The van der Waals surface area contributed by atoms with Crippen molar-refractivity contribution in [1.29, 1.82) is 0 Å². The summed E-state index contributed by atoms with van der Waals surface area (Å²) in [5.41, 5.74) is 3.34. The Balaban J connectivity index is 2.13. The van der Waals surface area contributed by atoms with Crippen LogP contribution in [0.25, 0.3) is 0 Å². The lowest BCUT2D eigenvalue weighted by Crippen LogP contribution is -2.35. The summed E-state index contributed by atoms with van der Waals surface area (Å²) in [6.07, 6.45) is 2.51. The molecule has 0 aromatic heterocycles. The van der Waals surface area contributed by atoms with E-state index in [-0.39, 0.29) is 11.8 Å². The van der Waals surface area contributed by atoms with E-state index in [0.29, 0.717) is 12.1 Å². The van der Waals surface area contributed by atoms with Crippen LogP contribution in [0, 0.1) is 5.92 Å². The minimum atomic E-state index is -0.518. The number of hydrazine groups is 1. The quantitative estimate of drug-likeness (QED) is 0.806. The molecular formula is C13H16N2O2. The average Bonchev–Trinajstić information content (AvgIpc) is 2.64. The zero-order chi connectivity index (χ0) is 12.3. The molecular weight excluding hydrogens is 216 g/mol. The minimum absolute atomic E-state index is 0.144. The molecule has 0 radical (unpaired) electrons. The molecule has 1 heterocycles. The third kappa shape index (κ3) is 2.30. The molecule has 1 fully saturated rings. The number of hydrogen-bond acceptors (Lipinski definition) is 2. The van der Waals surface area contributed by atoms with Crippen molar-refractivity contribution in [2.75, 3.05) is 5.01 Å². The molecule has 90 valence electrons. The van der Waals surface area contributed by atoms with Gasteiger partial charge < -0.3 is 0 Å². The van der Waals surface area contributed by atoms with Crippen LogP contribution >= 0.6 is 0 Å². The molecule has 1 aliphatic rings. The Labute approximate surface area is 101 Å². The fourth-order valence-corrected chi connectivity index (χ4v) is 1.94. The summed E-state index contributed by atoms with van der Waals surface area (Å²) < 4.78 is 0. The van der Waals surface area contributed by atoms with Gasteiger partial charge >= 0.3 is 0 Å². The van der Waals surface area contributed by atoms with Gasteiger partial charge in [0.05, 0.1) is 5.69 Å². The molecule has 4 nitrogen and oxygen atoms in total. The molecule has 2 rings (SSSR count). The number of amides is 2. The van der Waals surface area contributed by atoms with Crippen LogP contribution < -0.4 is 10.4 Å². The van der Waals surface area contributed by atoms with Crippen LogP contribution in [-0.4, -0.2) is 11.8 Å². The van der Waals surface area contributed by atoms with E-state index in [1.807, 2.05) is 25.1 Å². The van der Waals surface area contributed by atoms with Crippen LogP contribution in [0.2, 0.25) is 0 Å². The highest BCUT2D eigenvalue weighted by Crippen LogP contribution is 2.22. The summed E-state index contributed by atoms with van der Waals surface area (Å²) >= 11 is 0. The number of anilines is 1. The first kappa shape index (κ1) is 11.6. The first-order valence-electron chi connectivity index (χ1n) is 5.93. The third-order valence-corrected chi connectivity index (χ3v) is 2.92. The number of para-hydroxylation sites is 1. The number of nitrogens with zero attached hydrogens (tertiary/aromatic N) is 1. The van der Waals surface area contributed by atoms with Crippen LogP contribution in [0.3, 0.4) is 0 Å². The largest absolute Gasteiger partial charge is 0.272 e. The summed E-state index contributed by atoms with van der Waals surface area (Å²) in [4.78, 5) is 23.8. The van der Waals surface area contributed by atoms with Gasteiger partial charge in [0, 0.05) is 0 Å². The van der Waals surface area contributed by atoms with Crippen molar-refractivity contribution in [3.8, 4) is 0 Å². The van der Waals surface area contributed by atoms with Gasteiger partial charge in [0.1, 0.15) is 5.92 Å². The fourth-order valence-electron chi connectivity index (χ4n) is 1.94. The first-order chi connectivity index (χ1) is 8.24. The zero-order valence-corrected chi connectivity index (χ0v) is 9.85. The Hall–Kier alpha value is -1.84. The van der Waals surface area contributed by atoms with Crippen molar-refractivity contribution in [3.05, 3.63) is 30.3 Å². The molecule has 1 aromatic rings. The van der Waals surface area contributed by atoms with Crippen LogP contribution in [0.4, 0.5) is 5.69 Å². The Morgan fingerprint density at radius 3 is 2.59 bits per heavy atom. The van der Waals surface area contributed by atoms with E-state index in [1.165, 1.54) is 5.01 Å². The zero-order valence-electron chi connectivity index (χ0n) is 9.85. The van der Waals surface area contributed by atoms with Crippen molar-refractivity contribution in [2.24, 2.45) is 5.92 Å². The van der Waals surface area contributed by atoms with Gasteiger partial charge in [-0.25, -0.2) is 5.01 Å². The van der Waals surface area contributed by atoms with Gasteiger partial charge in [-0.1, -0.05) is 38.0 Å². The third-order valence-electron chi connectivity index (χ3n) is 2.92. The van der Waals surface area contributed by atoms with E-state index >= 15 is 0 Å². The van der Waals surface area contributed by atoms with Crippen molar-refractivity contribution in [2.45, 2.75) is 26.2 Å². The molecule has 4 heteroatoms. The average molecular weight is 232 g/mol. The van der Waals surface area contributed by atoms with Crippen molar-refractivity contribution in [3.63, 3.8) is 0 Å². The number of hydrogen-bond donors (Lipinski definition) is 1. The molecule has 0 spiro atoms. The number of carbonyl (C=O) groups is 2. The van der Waals surface area contributed by atoms with Gasteiger partial charge in [-0.05, 0) is 18.6 Å². The van der Waals surface area contributed by atoms with Crippen LogP contribution in [0.1, 0.15) is 26.2 Å². The normalized spacial score (nSPS) is 19.6. The van der Waals surface area contributed by atoms with Crippen molar-refractivity contribution in [1.82, 2.24) is 5.43 Å². The van der Waals surface area contributed by atoms with E-state index in [1.54, 1.807) is 12.1 Å². The summed E-state index contributed by atoms with van der Waals surface area (Å²) in [6, 6.07) is 9.17. The SMILES string of the molecule is CCCC[C@@H]1C(=O)NN(c2ccccc2)C1=O. The molecule has 17 heavy (non-hydrogen) atoms. The van der Waals surface area contributed by atoms with Gasteiger partial charge in [-0.15, -0.1) is 0 Å². The summed E-state index contributed by atoms with van der Waals surface area (Å²) in [6.45, 7) is 2.05. The standard InChI is InChI=1S/C13H16N2O2/c1-2-3-9-11-12(16)14-15(13(11)17)10-7-5-4-6-8-10/h4-8,11H,2-3,9H2,1H3,(H,14,16)/t11-/m1/s1. The monoisotopic (exact) mass is 232 g/mol. The van der Waals surface area contributed by atoms with Crippen molar-refractivity contribution >= 4 is 17.5 Å². The molecule has 1 saturated heterocycles. The Morgan fingerprint density at radius 2 is 1.94 bits per heavy atom. The highest BCUT2D eigenvalue weighted by molar-refractivity contribution is 6.14. The second kappa shape index (κ2) is 4.99. The number of nitrogens with one attached hydrogen (secondary N) is 1. The Morgan fingerprint density at radius 1 is 1.24 bits per heavy atom. The minimum Gasteiger partial charge on any atom is -0.272 e. The highest BCUT2D eigenvalue weighted by atomic mass is 16.2. The van der Waals surface area contributed by atoms with E-state index in [9.17, 15) is 9.59 Å². The maximum absolute atomic E-state index is 12.1. The van der Waals surface area contributed by atoms with Gasteiger partial charge in [-0.2, -0.15) is 0 Å². The number of benzene rings is 1. The van der Waals surface area contributed by atoms with Crippen molar-refractivity contribution < 1.29 is 9.59 Å². The van der Waals surface area contributed by atoms with E-state index in [0.717, 1.165) is 12.8 Å². The van der Waals surface area contributed by atoms with E-state index in [4.69, 9.17) is 0 Å². The predicted molar refractivity (Wildman–Crippen MR) is 65.1 cm³/mol. The highest BCUT2D eigenvalue weighted by Gasteiger charge is 2.39. The molecule has 1 aliphatic heterocycles. The first-order valence-corrected chi connectivity index (χ1v) is 5.93. The number of rotatable bonds is 4.